The minimum absolute atomic E-state index is 0.499. The van der Waals surface area contributed by atoms with Crippen molar-refractivity contribution in [1.82, 2.24) is 4.90 Å². The van der Waals surface area contributed by atoms with E-state index >= 15 is 0 Å². The molecule has 0 aliphatic heterocycles. The molecule has 2 heteroatoms. The van der Waals surface area contributed by atoms with Gasteiger partial charge in [-0.1, -0.05) is 25.7 Å². The standard InChI is InChI=1S/C13H27NS/c1-12(2)14(3)10-13(11-15)8-6-4-5-7-9-13/h12,15H,4-11H2,1-3H3. The molecule has 0 heterocycles. The second-order valence-electron chi connectivity index (χ2n) is 5.58. The fourth-order valence-electron chi connectivity index (χ4n) is 2.56. The molecule has 0 atom stereocenters. The minimum Gasteiger partial charge on any atom is -0.303 e. The fourth-order valence-corrected chi connectivity index (χ4v) is 2.97. The Morgan fingerprint density at radius 3 is 2.07 bits per heavy atom. The van der Waals surface area contributed by atoms with Crippen LogP contribution in [0.5, 0.6) is 0 Å². The average Bonchev–Trinajstić information content (AvgIpc) is 2.44. The summed E-state index contributed by atoms with van der Waals surface area (Å²) in [5.41, 5.74) is 0.499. The Morgan fingerprint density at radius 2 is 1.67 bits per heavy atom. The highest BCUT2D eigenvalue weighted by atomic mass is 32.1. The van der Waals surface area contributed by atoms with E-state index in [0.29, 0.717) is 11.5 Å². The number of rotatable bonds is 4. The molecule has 1 nitrogen and oxygen atoms in total. The smallest absolute Gasteiger partial charge is 0.00454 e. The molecule has 0 aromatic heterocycles. The quantitative estimate of drug-likeness (QED) is 0.569. The van der Waals surface area contributed by atoms with Crippen LogP contribution < -0.4 is 0 Å². The molecule has 1 fully saturated rings. The van der Waals surface area contributed by atoms with E-state index < -0.39 is 0 Å². The van der Waals surface area contributed by atoms with Gasteiger partial charge in [-0.15, -0.1) is 0 Å². The van der Waals surface area contributed by atoms with E-state index in [1.807, 2.05) is 0 Å². The van der Waals surface area contributed by atoms with Gasteiger partial charge in [-0.25, -0.2) is 0 Å². The van der Waals surface area contributed by atoms with Crippen molar-refractivity contribution in [2.75, 3.05) is 19.3 Å². The predicted octanol–water partition coefficient (Wildman–Crippen LogP) is 3.60. The molecule has 0 amide bonds. The summed E-state index contributed by atoms with van der Waals surface area (Å²) in [4.78, 5) is 2.49. The molecule has 1 saturated carbocycles. The summed E-state index contributed by atoms with van der Waals surface area (Å²) < 4.78 is 0. The van der Waals surface area contributed by atoms with Crippen molar-refractivity contribution in [1.29, 1.82) is 0 Å². The Kier molecular flexibility index (Phi) is 5.48. The molecule has 15 heavy (non-hydrogen) atoms. The summed E-state index contributed by atoms with van der Waals surface area (Å²) in [6.45, 7) is 5.79. The molecule has 0 bridgehead atoms. The highest BCUT2D eigenvalue weighted by Crippen LogP contribution is 2.36. The normalized spacial score (nSPS) is 22.0. The Morgan fingerprint density at radius 1 is 1.13 bits per heavy atom. The number of thiol groups is 1. The summed E-state index contributed by atoms with van der Waals surface area (Å²) in [6, 6.07) is 0.657. The van der Waals surface area contributed by atoms with Gasteiger partial charge in [-0.3, -0.25) is 0 Å². The van der Waals surface area contributed by atoms with Gasteiger partial charge in [0.1, 0.15) is 0 Å². The van der Waals surface area contributed by atoms with Crippen LogP contribution in [0.15, 0.2) is 0 Å². The molecular weight excluding hydrogens is 202 g/mol. The highest BCUT2D eigenvalue weighted by molar-refractivity contribution is 7.80. The molecule has 1 rings (SSSR count). The van der Waals surface area contributed by atoms with Gasteiger partial charge >= 0.3 is 0 Å². The summed E-state index contributed by atoms with van der Waals surface area (Å²) in [6.07, 6.45) is 8.45. The molecular formula is C13H27NS. The molecule has 1 aliphatic carbocycles. The van der Waals surface area contributed by atoms with Crippen molar-refractivity contribution in [3.8, 4) is 0 Å². The fraction of sp³-hybridized carbons (Fsp3) is 1.00. The van der Waals surface area contributed by atoms with Crippen molar-refractivity contribution in [3.05, 3.63) is 0 Å². The predicted molar refractivity (Wildman–Crippen MR) is 71.8 cm³/mol. The van der Waals surface area contributed by atoms with Crippen molar-refractivity contribution < 1.29 is 0 Å². The van der Waals surface area contributed by atoms with E-state index in [1.54, 1.807) is 0 Å². The Balaban J connectivity index is 2.57. The average molecular weight is 229 g/mol. The summed E-state index contributed by atoms with van der Waals surface area (Å²) in [7, 11) is 2.25. The maximum atomic E-state index is 4.61. The number of hydrogen-bond acceptors (Lipinski definition) is 2. The molecule has 90 valence electrons. The van der Waals surface area contributed by atoms with Gasteiger partial charge in [0.15, 0.2) is 0 Å². The van der Waals surface area contributed by atoms with Crippen LogP contribution in [-0.2, 0) is 0 Å². The van der Waals surface area contributed by atoms with Gasteiger partial charge < -0.3 is 4.90 Å². The van der Waals surface area contributed by atoms with Crippen LogP contribution in [0.25, 0.3) is 0 Å². The largest absolute Gasteiger partial charge is 0.303 e. The van der Waals surface area contributed by atoms with Crippen molar-refractivity contribution in [3.63, 3.8) is 0 Å². The summed E-state index contributed by atoms with van der Waals surface area (Å²) in [5, 5.41) is 0. The van der Waals surface area contributed by atoms with Crippen molar-refractivity contribution >= 4 is 12.6 Å². The van der Waals surface area contributed by atoms with E-state index in [1.165, 1.54) is 45.1 Å². The zero-order chi connectivity index (χ0) is 11.3. The Hall–Kier alpha value is 0.310. The minimum atomic E-state index is 0.499. The van der Waals surface area contributed by atoms with Gasteiger partial charge in [0.25, 0.3) is 0 Å². The van der Waals surface area contributed by atoms with E-state index in [2.05, 4.69) is 38.4 Å². The van der Waals surface area contributed by atoms with E-state index in [0.717, 1.165) is 5.75 Å². The second kappa shape index (κ2) is 6.15. The van der Waals surface area contributed by atoms with Crippen LogP contribution in [0, 0.1) is 5.41 Å². The van der Waals surface area contributed by atoms with Gasteiger partial charge in [-0.05, 0) is 44.9 Å². The lowest BCUT2D eigenvalue weighted by Crippen LogP contribution is -2.40. The zero-order valence-corrected chi connectivity index (χ0v) is 11.5. The number of nitrogens with zero attached hydrogens (tertiary/aromatic N) is 1. The molecule has 0 N–H and O–H groups in total. The third-order valence-electron chi connectivity index (χ3n) is 3.97. The van der Waals surface area contributed by atoms with E-state index in [4.69, 9.17) is 0 Å². The van der Waals surface area contributed by atoms with Crippen LogP contribution in [0.1, 0.15) is 52.4 Å². The van der Waals surface area contributed by atoms with Crippen molar-refractivity contribution in [2.24, 2.45) is 5.41 Å². The SMILES string of the molecule is CC(C)N(C)CC1(CS)CCCCCC1. The van der Waals surface area contributed by atoms with E-state index in [9.17, 15) is 0 Å². The third-order valence-corrected chi connectivity index (χ3v) is 4.64. The lowest BCUT2D eigenvalue weighted by Gasteiger charge is -2.37. The first kappa shape index (κ1) is 13.4. The van der Waals surface area contributed by atoms with Gasteiger partial charge in [0.05, 0.1) is 0 Å². The van der Waals surface area contributed by atoms with E-state index in [-0.39, 0.29) is 0 Å². The maximum Gasteiger partial charge on any atom is 0.00454 e. The van der Waals surface area contributed by atoms with Crippen molar-refractivity contribution in [2.45, 2.75) is 58.4 Å². The van der Waals surface area contributed by atoms with Gasteiger partial charge in [0.2, 0.25) is 0 Å². The first-order chi connectivity index (χ1) is 7.09. The number of hydrogen-bond donors (Lipinski definition) is 1. The molecule has 0 unspecified atom stereocenters. The molecule has 0 saturated heterocycles. The molecule has 0 radical (unpaired) electrons. The van der Waals surface area contributed by atoms with Gasteiger partial charge in [-0.2, -0.15) is 12.6 Å². The summed E-state index contributed by atoms with van der Waals surface area (Å²) in [5.74, 6) is 1.06. The molecule has 0 spiro atoms. The molecule has 0 aromatic carbocycles. The maximum absolute atomic E-state index is 4.61. The Bertz CT molecular complexity index is 171. The summed E-state index contributed by atoms with van der Waals surface area (Å²) >= 11 is 4.61. The van der Waals surface area contributed by atoms with Crippen LogP contribution >= 0.6 is 12.6 Å². The molecule has 0 aromatic rings. The monoisotopic (exact) mass is 229 g/mol. The second-order valence-corrected chi connectivity index (χ2v) is 5.90. The Labute approximate surface area is 101 Å². The first-order valence-electron chi connectivity index (χ1n) is 6.41. The van der Waals surface area contributed by atoms with Gasteiger partial charge in [0, 0.05) is 12.6 Å². The lowest BCUT2D eigenvalue weighted by molar-refractivity contribution is 0.149. The van der Waals surface area contributed by atoms with Crippen LogP contribution in [0.4, 0.5) is 0 Å². The molecule has 1 aliphatic rings. The topological polar surface area (TPSA) is 3.24 Å². The van der Waals surface area contributed by atoms with Crippen LogP contribution in [-0.4, -0.2) is 30.3 Å². The lowest BCUT2D eigenvalue weighted by atomic mass is 9.81. The first-order valence-corrected chi connectivity index (χ1v) is 7.04. The zero-order valence-electron chi connectivity index (χ0n) is 10.6. The van der Waals surface area contributed by atoms with Crippen LogP contribution in [0.3, 0.4) is 0 Å². The third kappa shape index (κ3) is 3.99. The highest BCUT2D eigenvalue weighted by Gasteiger charge is 2.31. The van der Waals surface area contributed by atoms with Crippen LogP contribution in [0.2, 0.25) is 0 Å².